The molecule has 2 aromatic heterocycles. The molecule has 2 aliphatic heterocycles. The number of hydrogen-bond donors (Lipinski definition) is 0. The minimum Gasteiger partial charge on any atom is -0.459 e. The number of nitriles is 1. The van der Waals surface area contributed by atoms with Gasteiger partial charge in [-0.15, -0.1) is 0 Å². The van der Waals surface area contributed by atoms with Crippen molar-refractivity contribution in [2.24, 2.45) is 0 Å². The Balaban J connectivity index is 1.31. The normalized spacial score (nSPS) is 20.7. The van der Waals surface area contributed by atoms with Gasteiger partial charge in [-0.3, -0.25) is 4.79 Å². The average Bonchev–Trinajstić information content (AvgIpc) is 3.47. The lowest BCUT2D eigenvalue weighted by Crippen LogP contribution is -2.51. The van der Waals surface area contributed by atoms with E-state index in [1.54, 1.807) is 24.0 Å². The smallest absolute Gasteiger partial charge is 0.266 e. The number of rotatable bonds is 6. The van der Waals surface area contributed by atoms with Crippen LogP contribution in [0.1, 0.15) is 31.9 Å². The predicted octanol–water partition coefficient (Wildman–Crippen LogP) is 2.43. The van der Waals surface area contributed by atoms with E-state index < -0.39 is 6.10 Å². The summed E-state index contributed by atoms with van der Waals surface area (Å²) in [7, 11) is 0. The number of aromatic nitrogens is 1. The van der Waals surface area contributed by atoms with Crippen molar-refractivity contribution in [3.8, 4) is 17.7 Å². The fraction of sp³-hybridized carbons (Fsp3) is 0.571. The number of nitrogens with zero attached hydrogens (tertiary/aromatic N) is 4. The molecule has 0 aromatic carbocycles. The van der Waals surface area contributed by atoms with Crippen LogP contribution in [-0.4, -0.2) is 67.4 Å². The highest BCUT2D eigenvalue weighted by Gasteiger charge is 2.29. The van der Waals surface area contributed by atoms with E-state index in [0.717, 1.165) is 25.9 Å². The number of amides is 1. The molecule has 30 heavy (non-hydrogen) atoms. The van der Waals surface area contributed by atoms with Gasteiger partial charge in [-0.2, -0.15) is 10.2 Å². The minimum absolute atomic E-state index is 0.0280. The number of hydrogen-bond acceptors (Lipinski definition) is 8. The topological polar surface area (TPSA) is 105 Å². The van der Waals surface area contributed by atoms with Crippen LogP contribution in [0.2, 0.25) is 0 Å². The van der Waals surface area contributed by atoms with Crippen LogP contribution in [0.5, 0.6) is 0 Å². The third-order valence-electron chi connectivity index (χ3n) is 5.48. The first-order chi connectivity index (χ1) is 14.7. The monoisotopic (exact) mass is 414 g/mol. The molecule has 2 saturated heterocycles. The summed E-state index contributed by atoms with van der Waals surface area (Å²) in [6.45, 7) is 5.15. The zero-order chi connectivity index (χ0) is 20.9. The van der Waals surface area contributed by atoms with E-state index in [9.17, 15) is 10.1 Å². The Bertz CT molecular complexity index is 874. The van der Waals surface area contributed by atoms with Crippen molar-refractivity contribution in [2.45, 2.75) is 38.4 Å². The summed E-state index contributed by atoms with van der Waals surface area (Å²) in [5, 5.41) is 9.42. The van der Waals surface area contributed by atoms with Gasteiger partial charge in [-0.05, 0) is 38.3 Å². The van der Waals surface area contributed by atoms with Crippen LogP contribution < -0.4 is 4.90 Å². The number of carbonyl (C=O) groups excluding carboxylic acids is 1. The molecule has 2 aliphatic rings. The maximum atomic E-state index is 12.7. The maximum absolute atomic E-state index is 12.7. The van der Waals surface area contributed by atoms with Crippen LogP contribution >= 0.6 is 0 Å². The fourth-order valence-corrected chi connectivity index (χ4v) is 3.75. The van der Waals surface area contributed by atoms with Gasteiger partial charge in [-0.1, -0.05) is 0 Å². The van der Waals surface area contributed by atoms with Crippen LogP contribution in [0, 0.1) is 11.3 Å². The van der Waals surface area contributed by atoms with Crippen molar-refractivity contribution in [3.05, 3.63) is 24.1 Å². The Morgan fingerprint density at radius 1 is 1.37 bits per heavy atom. The van der Waals surface area contributed by atoms with Crippen molar-refractivity contribution in [2.75, 3.05) is 44.3 Å². The SMILES string of the molecule is CC(OCC1CCCCO1)C(=O)N1CCN(c2oc(-c3ccco3)nc2C#N)CC1. The highest BCUT2D eigenvalue weighted by molar-refractivity contribution is 5.80. The number of anilines is 1. The van der Waals surface area contributed by atoms with Gasteiger partial charge in [0.2, 0.25) is 11.6 Å². The Morgan fingerprint density at radius 2 is 2.20 bits per heavy atom. The van der Waals surface area contributed by atoms with Crippen LogP contribution in [0.25, 0.3) is 11.7 Å². The standard InChI is InChI=1S/C21H26N4O5/c1-15(29-14-16-5-2-3-11-27-16)20(26)24-7-9-25(10-8-24)21-17(13-22)23-19(30-21)18-6-4-12-28-18/h4,6,12,15-16H,2-3,5,7-11,14H2,1H3. The summed E-state index contributed by atoms with van der Waals surface area (Å²) in [5.41, 5.74) is 0.213. The van der Waals surface area contributed by atoms with Crippen molar-refractivity contribution < 1.29 is 23.1 Å². The fourth-order valence-electron chi connectivity index (χ4n) is 3.75. The van der Waals surface area contributed by atoms with Crippen LogP contribution in [0.15, 0.2) is 27.2 Å². The van der Waals surface area contributed by atoms with E-state index in [-0.39, 0.29) is 23.6 Å². The second-order valence-electron chi connectivity index (χ2n) is 7.54. The zero-order valence-electron chi connectivity index (χ0n) is 17.1. The van der Waals surface area contributed by atoms with E-state index in [1.807, 2.05) is 4.90 Å². The molecule has 2 fully saturated rings. The molecule has 0 bridgehead atoms. The Kier molecular flexibility index (Phi) is 6.35. The third-order valence-corrected chi connectivity index (χ3v) is 5.48. The molecule has 0 spiro atoms. The molecule has 0 aliphatic carbocycles. The van der Waals surface area contributed by atoms with Gasteiger partial charge in [0.05, 0.1) is 19.0 Å². The first-order valence-corrected chi connectivity index (χ1v) is 10.4. The van der Waals surface area contributed by atoms with Gasteiger partial charge in [0, 0.05) is 32.8 Å². The molecule has 2 aromatic rings. The zero-order valence-corrected chi connectivity index (χ0v) is 17.1. The molecule has 0 N–H and O–H groups in total. The molecule has 9 nitrogen and oxygen atoms in total. The Labute approximate surface area is 175 Å². The summed E-state index contributed by atoms with van der Waals surface area (Å²) in [6, 6.07) is 5.54. The second-order valence-corrected chi connectivity index (χ2v) is 7.54. The van der Waals surface area contributed by atoms with Crippen LogP contribution in [-0.2, 0) is 14.3 Å². The van der Waals surface area contributed by atoms with E-state index in [4.69, 9.17) is 18.3 Å². The van der Waals surface area contributed by atoms with Gasteiger partial charge in [0.15, 0.2) is 5.76 Å². The molecule has 4 rings (SSSR count). The average molecular weight is 414 g/mol. The minimum atomic E-state index is -0.507. The lowest BCUT2D eigenvalue weighted by Gasteiger charge is -2.35. The summed E-state index contributed by atoms with van der Waals surface area (Å²) in [5.74, 6) is 1.13. The van der Waals surface area contributed by atoms with Crippen molar-refractivity contribution in [3.63, 3.8) is 0 Å². The van der Waals surface area contributed by atoms with Crippen molar-refractivity contribution >= 4 is 11.8 Å². The lowest BCUT2D eigenvalue weighted by molar-refractivity contribution is -0.146. The van der Waals surface area contributed by atoms with Crippen molar-refractivity contribution in [1.82, 2.24) is 9.88 Å². The summed E-state index contributed by atoms with van der Waals surface area (Å²) >= 11 is 0. The van der Waals surface area contributed by atoms with E-state index in [0.29, 0.717) is 44.4 Å². The van der Waals surface area contributed by atoms with E-state index in [1.165, 1.54) is 6.26 Å². The largest absolute Gasteiger partial charge is 0.459 e. The molecular weight excluding hydrogens is 388 g/mol. The van der Waals surface area contributed by atoms with Gasteiger partial charge in [-0.25, -0.2) is 0 Å². The summed E-state index contributed by atoms with van der Waals surface area (Å²) < 4.78 is 22.5. The molecule has 9 heteroatoms. The van der Waals surface area contributed by atoms with Gasteiger partial charge in [0.1, 0.15) is 12.2 Å². The number of carbonyl (C=O) groups is 1. The molecule has 160 valence electrons. The first-order valence-electron chi connectivity index (χ1n) is 10.4. The molecule has 4 heterocycles. The number of oxazole rings is 1. The first kappa shape index (κ1) is 20.4. The summed E-state index contributed by atoms with van der Waals surface area (Å²) in [4.78, 5) is 20.7. The number of furan rings is 1. The van der Waals surface area contributed by atoms with Crippen LogP contribution in [0.3, 0.4) is 0 Å². The number of ether oxygens (including phenoxy) is 2. The maximum Gasteiger partial charge on any atom is 0.266 e. The molecular formula is C21H26N4O5. The number of piperazine rings is 1. The highest BCUT2D eigenvalue weighted by Crippen LogP contribution is 2.29. The molecule has 1 amide bonds. The summed E-state index contributed by atoms with van der Waals surface area (Å²) in [6.07, 6.45) is 4.33. The van der Waals surface area contributed by atoms with Gasteiger partial charge >= 0.3 is 0 Å². The second kappa shape index (κ2) is 9.32. The van der Waals surface area contributed by atoms with E-state index in [2.05, 4.69) is 11.1 Å². The Morgan fingerprint density at radius 3 is 2.87 bits per heavy atom. The van der Waals surface area contributed by atoms with Gasteiger partial charge in [0.25, 0.3) is 11.8 Å². The molecule has 0 saturated carbocycles. The Hall–Kier alpha value is -2.83. The van der Waals surface area contributed by atoms with Crippen molar-refractivity contribution in [1.29, 1.82) is 5.26 Å². The van der Waals surface area contributed by atoms with Gasteiger partial charge < -0.3 is 28.1 Å². The molecule has 2 atom stereocenters. The molecule has 0 radical (unpaired) electrons. The quantitative estimate of drug-likeness (QED) is 0.710. The lowest BCUT2D eigenvalue weighted by atomic mass is 10.1. The predicted molar refractivity (Wildman–Crippen MR) is 107 cm³/mol. The van der Waals surface area contributed by atoms with Crippen LogP contribution in [0.4, 0.5) is 5.88 Å². The van der Waals surface area contributed by atoms with E-state index >= 15 is 0 Å². The highest BCUT2D eigenvalue weighted by atomic mass is 16.5. The third kappa shape index (κ3) is 4.50. The molecule has 2 unspecified atom stereocenters.